The van der Waals surface area contributed by atoms with Crippen molar-refractivity contribution in [2.24, 2.45) is 0 Å². The number of piperidine rings is 1. The number of aromatic nitrogens is 3. The Labute approximate surface area is 226 Å². The number of likely N-dealkylation sites (tertiary alicyclic amines) is 1. The summed E-state index contributed by atoms with van der Waals surface area (Å²) in [6.45, 7) is 6.26. The molecule has 2 aliphatic heterocycles. The molecule has 4 heterocycles. The van der Waals surface area contributed by atoms with Crippen LogP contribution in [0.25, 0.3) is 11.5 Å². The largest absolute Gasteiger partial charge is 0.418 e. The molecule has 198 valence electrons. The molecule has 0 spiro atoms. The number of hydrogen-bond acceptors (Lipinski definition) is 9. The number of pyridine rings is 1. The lowest BCUT2D eigenvalue weighted by molar-refractivity contribution is -0.0328. The third kappa shape index (κ3) is 5.77. The maximum absolute atomic E-state index is 10.8. The van der Waals surface area contributed by atoms with Crippen molar-refractivity contribution in [3.8, 4) is 11.5 Å². The number of benzene rings is 1. The Bertz CT molecular complexity index is 1190. The molecule has 2 saturated heterocycles. The van der Waals surface area contributed by atoms with Crippen LogP contribution in [0, 0.1) is 0 Å². The first kappa shape index (κ1) is 26.3. The number of rotatable bonds is 7. The van der Waals surface area contributed by atoms with Crippen molar-refractivity contribution < 1.29 is 14.6 Å². The fourth-order valence-electron chi connectivity index (χ4n) is 5.43. The van der Waals surface area contributed by atoms with Crippen LogP contribution in [0.15, 0.2) is 40.9 Å². The minimum Gasteiger partial charge on any atom is -0.418 e. The van der Waals surface area contributed by atoms with Gasteiger partial charge in [0.2, 0.25) is 11.8 Å². The molecule has 0 bridgehead atoms. The van der Waals surface area contributed by atoms with Crippen LogP contribution in [0.4, 0.5) is 5.82 Å². The molecule has 1 unspecified atom stereocenters. The monoisotopic (exact) mass is 546 g/mol. The number of hydrogen-bond donors (Lipinski definition) is 2. The van der Waals surface area contributed by atoms with Crippen LogP contribution in [-0.2, 0) is 6.61 Å². The number of anilines is 1. The predicted molar refractivity (Wildman–Crippen MR) is 142 cm³/mol. The van der Waals surface area contributed by atoms with E-state index in [-0.39, 0.29) is 18.4 Å². The number of nitrogens with zero attached hydrogens (tertiary/aromatic N) is 6. The van der Waals surface area contributed by atoms with Crippen LogP contribution in [0.3, 0.4) is 0 Å². The van der Waals surface area contributed by atoms with Gasteiger partial charge in [0.15, 0.2) is 0 Å². The summed E-state index contributed by atoms with van der Waals surface area (Å²) in [5.74, 6) is 1.20. The second-order valence-corrected chi connectivity index (χ2v) is 10.5. The van der Waals surface area contributed by atoms with Crippen LogP contribution in [0.1, 0.15) is 43.9 Å². The fraction of sp³-hybridized carbons (Fsp3) is 0.500. The maximum Gasteiger partial charge on any atom is 0.249 e. The highest BCUT2D eigenvalue weighted by Gasteiger charge is 2.35. The zero-order valence-corrected chi connectivity index (χ0v) is 22.3. The van der Waals surface area contributed by atoms with E-state index in [4.69, 9.17) is 32.7 Å². The van der Waals surface area contributed by atoms with Gasteiger partial charge in [0.25, 0.3) is 0 Å². The van der Waals surface area contributed by atoms with E-state index in [0.717, 1.165) is 63.4 Å². The summed E-state index contributed by atoms with van der Waals surface area (Å²) in [6, 6.07) is 10.1. The van der Waals surface area contributed by atoms with Crippen LogP contribution in [0.5, 0.6) is 0 Å². The Hall–Kier alpha value is -2.27. The molecule has 3 aromatic rings. The van der Waals surface area contributed by atoms with Crippen LogP contribution < -0.4 is 4.90 Å². The minimum absolute atomic E-state index is 0.155. The first-order chi connectivity index (χ1) is 18.0. The van der Waals surface area contributed by atoms with Gasteiger partial charge in [-0.15, -0.1) is 10.2 Å². The molecule has 5 rings (SSSR count). The Morgan fingerprint density at radius 2 is 1.84 bits per heavy atom. The summed E-state index contributed by atoms with van der Waals surface area (Å²) in [5, 5.41) is 28.9. The van der Waals surface area contributed by atoms with E-state index < -0.39 is 6.23 Å². The lowest BCUT2D eigenvalue weighted by atomic mass is 9.97. The fourth-order valence-corrected chi connectivity index (χ4v) is 5.84. The van der Waals surface area contributed by atoms with Gasteiger partial charge in [-0.05, 0) is 43.0 Å². The summed E-state index contributed by atoms with van der Waals surface area (Å²) < 4.78 is 5.41. The topological polar surface area (TPSA) is 102 Å². The lowest BCUT2D eigenvalue weighted by Crippen LogP contribution is -2.58. The first-order valence-electron chi connectivity index (χ1n) is 12.7. The van der Waals surface area contributed by atoms with Gasteiger partial charge in [-0.1, -0.05) is 42.3 Å². The average molecular weight is 547 g/mol. The third-order valence-corrected chi connectivity index (χ3v) is 7.98. The molecular formula is C26H32Cl2N6O3. The maximum atomic E-state index is 10.8. The smallest absolute Gasteiger partial charge is 0.249 e. The highest BCUT2D eigenvalue weighted by atomic mass is 35.5. The van der Waals surface area contributed by atoms with Crippen molar-refractivity contribution in [3.63, 3.8) is 0 Å². The van der Waals surface area contributed by atoms with Gasteiger partial charge in [0.1, 0.15) is 18.7 Å². The van der Waals surface area contributed by atoms with Gasteiger partial charge in [0.05, 0.1) is 10.6 Å². The Morgan fingerprint density at radius 1 is 1.08 bits per heavy atom. The first-order valence-corrected chi connectivity index (χ1v) is 13.5. The molecular weight excluding hydrogens is 515 g/mol. The molecule has 11 heteroatoms. The Kier molecular flexibility index (Phi) is 8.28. The molecule has 2 fully saturated rings. The molecule has 0 aliphatic carbocycles. The van der Waals surface area contributed by atoms with Crippen molar-refractivity contribution in [2.75, 3.05) is 37.6 Å². The van der Waals surface area contributed by atoms with E-state index in [2.05, 4.69) is 36.8 Å². The molecule has 0 saturated carbocycles. The zero-order valence-electron chi connectivity index (χ0n) is 20.8. The Balaban J connectivity index is 1.20. The SMILES string of the molecule is CC[C@H]1CN(c2ncc(-c3nnc(CO)o3)cc2Cl)CCN1C1CCN(C(O)c2ccc(Cl)cc2)CC1. The summed E-state index contributed by atoms with van der Waals surface area (Å²) in [5.41, 5.74) is 1.51. The minimum atomic E-state index is -0.601. The number of halogens is 2. The highest BCUT2D eigenvalue weighted by Crippen LogP contribution is 2.32. The molecule has 2 aromatic heterocycles. The highest BCUT2D eigenvalue weighted by molar-refractivity contribution is 6.33. The van der Waals surface area contributed by atoms with E-state index in [1.807, 2.05) is 24.3 Å². The summed E-state index contributed by atoms with van der Waals surface area (Å²) in [6.07, 6.45) is 4.16. The van der Waals surface area contributed by atoms with E-state index in [1.54, 1.807) is 12.3 Å². The lowest BCUT2D eigenvalue weighted by Gasteiger charge is -2.48. The molecule has 1 aromatic carbocycles. The predicted octanol–water partition coefficient (Wildman–Crippen LogP) is 3.99. The van der Waals surface area contributed by atoms with Gasteiger partial charge >= 0.3 is 0 Å². The van der Waals surface area contributed by atoms with Crippen molar-refractivity contribution in [1.29, 1.82) is 0 Å². The zero-order chi connectivity index (χ0) is 25.9. The van der Waals surface area contributed by atoms with Gasteiger partial charge in [0, 0.05) is 56.0 Å². The van der Waals surface area contributed by atoms with Crippen LogP contribution in [0.2, 0.25) is 10.0 Å². The van der Waals surface area contributed by atoms with Crippen molar-refractivity contribution in [1.82, 2.24) is 25.0 Å². The van der Waals surface area contributed by atoms with Gasteiger partial charge in [-0.25, -0.2) is 4.98 Å². The van der Waals surface area contributed by atoms with Crippen LogP contribution in [-0.4, -0.2) is 80.0 Å². The summed E-state index contributed by atoms with van der Waals surface area (Å²) in [4.78, 5) is 11.7. The molecule has 9 nitrogen and oxygen atoms in total. The normalized spacial score (nSPS) is 20.9. The van der Waals surface area contributed by atoms with E-state index >= 15 is 0 Å². The van der Waals surface area contributed by atoms with Crippen LogP contribution >= 0.6 is 23.2 Å². The Morgan fingerprint density at radius 3 is 2.49 bits per heavy atom. The number of aliphatic hydroxyl groups is 2. The molecule has 2 aliphatic rings. The second kappa shape index (κ2) is 11.6. The molecule has 2 atom stereocenters. The van der Waals surface area contributed by atoms with E-state index in [9.17, 15) is 5.11 Å². The number of aliphatic hydroxyl groups excluding tert-OH is 2. The van der Waals surface area contributed by atoms with Crippen molar-refractivity contribution in [2.45, 2.75) is 51.1 Å². The number of piperazine rings is 1. The molecule has 37 heavy (non-hydrogen) atoms. The second-order valence-electron chi connectivity index (χ2n) is 9.63. The van der Waals surface area contributed by atoms with Gasteiger partial charge < -0.3 is 19.5 Å². The quantitative estimate of drug-likeness (QED) is 0.455. The molecule has 0 amide bonds. The molecule has 0 radical (unpaired) electrons. The summed E-state index contributed by atoms with van der Waals surface area (Å²) >= 11 is 12.6. The molecule has 2 N–H and O–H groups in total. The van der Waals surface area contributed by atoms with Gasteiger partial charge in [-0.2, -0.15) is 0 Å². The van der Waals surface area contributed by atoms with E-state index in [0.29, 0.717) is 27.7 Å². The summed E-state index contributed by atoms with van der Waals surface area (Å²) in [7, 11) is 0. The van der Waals surface area contributed by atoms with Gasteiger partial charge in [-0.3, -0.25) is 9.80 Å². The van der Waals surface area contributed by atoms with E-state index in [1.165, 1.54) is 0 Å². The van der Waals surface area contributed by atoms with Crippen molar-refractivity contribution in [3.05, 3.63) is 58.0 Å². The average Bonchev–Trinajstić information content (AvgIpc) is 3.42. The van der Waals surface area contributed by atoms with Crippen molar-refractivity contribution >= 4 is 29.0 Å². The third-order valence-electron chi connectivity index (χ3n) is 7.45. The standard InChI is InChI=1S/C26H32Cl2N6O3/c1-2-20-15-33(24-22(28)13-18(14-29-24)25-31-30-23(16-35)37-25)11-12-34(20)21-7-9-32(10-8-21)26(36)17-3-5-19(27)6-4-17/h3-6,13-14,20-21,26,35-36H,2,7-12,15-16H2,1H3/t20-,26?/m0/s1.